The first-order chi connectivity index (χ1) is 9.41. The highest BCUT2D eigenvalue weighted by molar-refractivity contribution is 7.92. The highest BCUT2D eigenvalue weighted by Crippen LogP contribution is 2.22. The molecule has 2 rings (SSSR count). The monoisotopic (exact) mass is 293 g/mol. The third-order valence-electron chi connectivity index (χ3n) is 3.38. The minimum absolute atomic E-state index is 0.260. The predicted octanol–water partition coefficient (Wildman–Crippen LogP) is 2.33. The summed E-state index contributed by atoms with van der Waals surface area (Å²) < 4.78 is 24.1. The van der Waals surface area contributed by atoms with Crippen LogP contribution in [0.3, 0.4) is 0 Å². The zero-order chi connectivity index (χ0) is 14.8. The predicted molar refractivity (Wildman–Crippen MR) is 77.3 cm³/mol. The van der Waals surface area contributed by atoms with E-state index in [0.29, 0.717) is 4.90 Å². The number of H-pyrrole nitrogens is 1. The van der Waals surface area contributed by atoms with Gasteiger partial charge in [0.15, 0.2) is 9.84 Å². The molecule has 0 fully saturated rings. The van der Waals surface area contributed by atoms with Crippen molar-refractivity contribution < 1.29 is 8.42 Å². The molecule has 0 saturated carbocycles. The Morgan fingerprint density at radius 2 is 1.80 bits per heavy atom. The molecule has 1 unspecified atom stereocenters. The van der Waals surface area contributed by atoms with E-state index in [0.717, 1.165) is 17.7 Å². The molecular weight excluding hydrogens is 274 g/mol. The number of aromatic nitrogens is 3. The fraction of sp³-hybridized carbons (Fsp3) is 0.429. The van der Waals surface area contributed by atoms with Crippen molar-refractivity contribution in [1.29, 1.82) is 0 Å². The molecule has 2 aromatic rings. The lowest BCUT2D eigenvalue weighted by Crippen LogP contribution is -2.14. The fourth-order valence-electron chi connectivity index (χ4n) is 2.01. The third kappa shape index (κ3) is 3.07. The van der Waals surface area contributed by atoms with E-state index in [1.165, 1.54) is 0 Å². The highest BCUT2D eigenvalue weighted by Gasteiger charge is 2.19. The van der Waals surface area contributed by atoms with Crippen LogP contribution in [-0.4, -0.2) is 29.1 Å². The first-order valence-corrected chi connectivity index (χ1v) is 8.14. The molecule has 0 bridgehead atoms. The van der Waals surface area contributed by atoms with E-state index in [2.05, 4.69) is 22.3 Å². The Bertz CT molecular complexity index is 646. The van der Waals surface area contributed by atoms with E-state index < -0.39 is 15.1 Å². The average Bonchev–Trinajstić information content (AvgIpc) is 2.91. The summed E-state index contributed by atoms with van der Waals surface area (Å²) in [5.41, 5.74) is 1.99. The van der Waals surface area contributed by atoms with Crippen LogP contribution in [0, 0.1) is 0 Å². The summed E-state index contributed by atoms with van der Waals surface area (Å²) in [7, 11) is -3.20. The summed E-state index contributed by atoms with van der Waals surface area (Å²) in [4.78, 5) is 0.380. The molecule has 1 aromatic carbocycles. The second-order valence-corrected chi connectivity index (χ2v) is 7.73. The summed E-state index contributed by atoms with van der Waals surface area (Å²) in [6.07, 6.45) is 2.47. The molecule has 0 aliphatic carbocycles. The van der Waals surface area contributed by atoms with Gasteiger partial charge < -0.3 is 0 Å². The van der Waals surface area contributed by atoms with Gasteiger partial charge in [0.1, 0.15) is 0 Å². The van der Waals surface area contributed by atoms with Crippen molar-refractivity contribution in [2.24, 2.45) is 0 Å². The zero-order valence-corrected chi connectivity index (χ0v) is 12.7. The normalized spacial score (nSPS) is 13.6. The Morgan fingerprint density at radius 1 is 1.15 bits per heavy atom. The molecule has 108 valence electrons. The van der Waals surface area contributed by atoms with Gasteiger partial charge in [0, 0.05) is 0 Å². The lowest BCUT2D eigenvalue weighted by molar-refractivity contribution is 0.587. The number of nitrogens with zero attached hydrogens (tertiary/aromatic N) is 2. The van der Waals surface area contributed by atoms with E-state index in [1.54, 1.807) is 32.2 Å². The van der Waals surface area contributed by atoms with Crippen LogP contribution >= 0.6 is 0 Å². The number of aromatic amines is 1. The van der Waals surface area contributed by atoms with E-state index in [-0.39, 0.29) is 5.92 Å². The van der Waals surface area contributed by atoms with Crippen LogP contribution < -0.4 is 0 Å². The molecule has 20 heavy (non-hydrogen) atoms. The lowest BCUT2D eigenvalue weighted by atomic mass is 9.97. The van der Waals surface area contributed by atoms with Crippen LogP contribution in [0.5, 0.6) is 0 Å². The number of nitrogens with one attached hydrogen (secondary N) is 1. The minimum Gasteiger partial charge on any atom is -0.223 e. The smallest absolute Gasteiger partial charge is 0.180 e. The van der Waals surface area contributed by atoms with Gasteiger partial charge >= 0.3 is 0 Å². The Hall–Kier alpha value is -1.69. The van der Waals surface area contributed by atoms with Gasteiger partial charge in [-0.05, 0) is 43.9 Å². The quantitative estimate of drug-likeness (QED) is 0.918. The van der Waals surface area contributed by atoms with Crippen LogP contribution in [0.25, 0.3) is 0 Å². The molecule has 0 amide bonds. The zero-order valence-electron chi connectivity index (χ0n) is 11.9. The topological polar surface area (TPSA) is 75.7 Å². The van der Waals surface area contributed by atoms with E-state index in [1.807, 2.05) is 12.1 Å². The third-order valence-corrected chi connectivity index (χ3v) is 5.55. The first-order valence-electron chi connectivity index (χ1n) is 6.59. The molecule has 1 aromatic heterocycles. The first kappa shape index (κ1) is 14.7. The maximum atomic E-state index is 12.0. The van der Waals surface area contributed by atoms with Gasteiger partial charge in [-0.15, -0.1) is 0 Å². The van der Waals surface area contributed by atoms with Crippen molar-refractivity contribution in [3.63, 3.8) is 0 Å². The minimum atomic E-state index is -3.20. The molecule has 0 radical (unpaired) electrons. The van der Waals surface area contributed by atoms with Crippen LogP contribution in [0.15, 0.2) is 35.4 Å². The summed E-state index contributed by atoms with van der Waals surface area (Å²) >= 11 is 0. The van der Waals surface area contributed by atoms with Crippen LogP contribution in [0.2, 0.25) is 0 Å². The fourth-order valence-corrected chi connectivity index (χ4v) is 3.07. The summed E-state index contributed by atoms with van der Waals surface area (Å²) in [5, 5.41) is 10.00. The molecule has 0 saturated heterocycles. The maximum Gasteiger partial charge on any atom is 0.180 e. The maximum absolute atomic E-state index is 12.0. The molecule has 1 heterocycles. The Morgan fingerprint density at radius 3 is 2.30 bits per heavy atom. The van der Waals surface area contributed by atoms with Gasteiger partial charge in [-0.2, -0.15) is 15.4 Å². The average molecular weight is 293 g/mol. The van der Waals surface area contributed by atoms with E-state index in [9.17, 15) is 8.42 Å². The number of sulfone groups is 1. The molecule has 0 aliphatic rings. The van der Waals surface area contributed by atoms with Crippen LogP contribution in [-0.2, 0) is 16.3 Å². The largest absolute Gasteiger partial charge is 0.223 e. The SMILES string of the molecule is CC(Cc1cn[nH]n1)c1ccc(S(=O)(=O)C(C)C)cc1. The number of hydrogen-bond acceptors (Lipinski definition) is 4. The molecule has 0 spiro atoms. The van der Waals surface area contributed by atoms with Crippen LogP contribution in [0.1, 0.15) is 37.9 Å². The van der Waals surface area contributed by atoms with Crippen molar-refractivity contribution in [3.05, 3.63) is 41.7 Å². The molecular formula is C14H19N3O2S. The van der Waals surface area contributed by atoms with Crippen molar-refractivity contribution in [1.82, 2.24) is 15.4 Å². The number of benzene rings is 1. The number of rotatable bonds is 5. The molecule has 1 N–H and O–H groups in total. The van der Waals surface area contributed by atoms with Crippen molar-refractivity contribution in [3.8, 4) is 0 Å². The summed E-state index contributed by atoms with van der Waals surface area (Å²) in [6, 6.07) is 7.12. The van der Waals surface area contributed by atoms with Crippen molar-refractivity contribution >= 4 is 9.84 Å². The lowest BCUT2D eigenvalue weighted by Gasteiger charge is -2.12. The second-order valence-electron chi connectivity index (χ2n) is 5.23. The molecule has 1 atom stereocenters. The molecule has 5 nitrogen and oxygen atoms in total. The Kier molecular flexibility index (Phi) is 4.23. The summed E-state index contributed by atoms with van der Waals surface area (Å²) in [6.45, 7) is 5.47. The van der Waals surface area contributed by atoms with Gasteiger partial charge in [0.25, 0.3) is 0 Å². The molecule has 0 aliphatic heterocycles. The van der Waals surface area contributed by atoms with Gasteiger partial charge in [0.05, 0.1) is 22.0 Å². The van der Waals surface area contributed by atoms with E-state index in [4.69, 9.17) is 0 Å². The Labute approximate surface area is 119 Å². The Balaban J connectivity index is 2.16. The van der Waals surface area contributed by atoms with Gasteiger partial charge in [0.2, 0.25) is 0 Å². The standard InChI is InChI=1S/C14H19N3O2S/c1-10(2)20(18,19)14-6-4-12(5-7-14)11(3)8-13-9-15-17-16-13/h4-7,9-11H,8H2,1-3H3,(H,15,16,17). The number of hydrogen-bond donors (Lipinski definition) is 1. The van der Waals surface area contributed by atoms with Crippen LogP contribution in [0.4, 0.5) is 0 Å². The highest BCUT2D eigenvalue weighted by atomic mass is 32.2. The van der Waals surface area contributed by atoms with Crippen molar-refractivity contribution in [2.45, 2.75) is 43.3 Å². The van der Waals surface area contributed by atoms with Gasteiger partial charge in [-0.1, -0.05) is 19.1 Å². The van der Waals surface area contributed by atoms with Crippen molar-refractivity contribution in [2.75, 3.05) is 0 Å². The second kappa shape index (κ2) is 5.75. The van der Waals surface area contributed by atoms with Gasteiger partial charge in [-0.3, -0.25) is 0 Å². The van der Waals surface area contributed by atoms with Gasteiger partial charge in [-0.25, -0.2) is 8.42 Å². The summed E-state index contributed by atoms with van der Waals surface area (Å²) in [5.74, 6) is 0.260. The molecule has 6 heteroatoms. The van der Waals surface area contributed by atoms with E-state index >= 15 is 0 Å².